The number of nitrogens with zero attached hydrogens (tertiary/aromatic N) is 3. The van der Waals surface area contributed by atoms with Gasteiger partial charge in [0.2, 0.25) is 0 Å². The molecule has 5 nitrogen and oxygen atoms in total. The number of nitrogens with one attached hydrogen (secondary N) is 1. The number of aromatic amines is 1. The van der Waals surface area contributed by atoms with E-state index in [-0.39, 0.29) is 0 Å². The van der Waals surface area contributed by atoms with Crippen LogP contribution in [0.3, 0.4) is 0 Å². The van der Waals surface area contributed by atoms with E-state index < -0.39 is 0 Å². The Hall–Kier alpha value is -1.82. The number of rotatable bonds is 3. The van der Waals surface area contributed by atoms with Gasteiger partial charge in [0.05, 0.1) is 17.6 Å². The summed E-state index contributed by atoms with van der Waals surface area (Å²) in [7, 11) is 0. The lowest BCUT2D eigenvalue weighted by atomic mass is 10.2. The third-order valence-corrected chi connectivity index (χ3v) is 4.24. The third-order valence-electron chi connectivity index (χ3n) is 3.71. The van der Waals surface area contributed by atoms with Gasteiger partial charge in [-0.15, -0.1) is 0 Å². The molecule has 1 saturated carbocycles. The van der Waals surface area contributed by atoms with Crippen LogP contribution >= 0.6 is 15.9 Å². The molecule has 0 amide bonds. The topological polar surface area (TPSA) is 72.5 Å². The fourth-order valence-electron chi connectivity index (χ4n) is 2.53. The van der Waals surface area contributed by atoms with Gasteiger partial charge in [0.1, 0.15) is 5.82 Å². The third kappa shape index (κ3) is 1.91. The Labute approximate surface area is 124 Å². The van der Waals surface area contributed by atoms with Crippen molar-refractivity contribution in [1.82, 2.24) is 20.0 Å². The Morgan fingerprint density at radius 2 is 2.05 bits per heavy atom. The van der Waals surface area contributed by atoms with Gasteiger partial charge in [-0.05, 0) is 30.5 Å². The predicted molar refractivity (Wildman–Crippen MR) is 81.5 cm³/mol. The number of benzene rings is 1. The van der Waals surface area contributed by atoms with Crippen LogP contribution in [0, 0.1) is 0 Å². The number of nitrogen functional groups attached to an aromatic ring is 1. The SMILES string of the molecule is Nc1[nH]nc2c1c(C1CC1)nn2Cc1ccc(Br)cc1. The van der Waals surface area contributed by atoms with Crippen molar-refractivity contribution in [3.05, 3.63) is 40.0 Å². The highest BCUT2D eigenvalue weighted by atomic mass is 79.9. The average molecular weight is 332 g/mol. The molecule has 2 aromatic heterocycles. The highest BCUT2D eigenvalue weighted by Crippen LogP contribution is 2.43. The quantitative estimate of drug-likeness (QED) is 0.774. The lowest BCUT2D eigenvalue weighted by Gasteiger charge is -2.02. The fourth-order valence-corrected chi connectivity index (χ4v) is 2.79. The van der Waals surface area contributed by atoms with Crippen LogP contribution in [-0.4, -0.2) is 20.0 Å². The second-order valence-corrected chi connectivity index (χ2v) is 6.20. The number of aromatic nitrogens is 4. The van der Waals surface area contributed by atoms with Crippen LogP contribution in [0.15, 0.2) is 28.7 Å². The minimum atomic E-state index is 0.559. The van der Waals surface area contributed by atoms with E-state index in [0.29, 0.717) is 18.3 Å². The number of halogens is 1. The molecule has 0 bridgehead atoms. The molecule has 0 radical (unpaired) electrons. The van der Waals surface area contributed by atoms with E-state index in [1.54, 1.807) is 0 Å². The molecule has 3 N–H and O–H groups in total. The molecule has 1 fully saturated rings. The lowest BCUT2D eigenvalue weighted by molar-refractivity contribution is 0.683. The molecule has 1 aliphatic rings. The van der Waals surface area contributed by atoms with Crippen LogP contribution < -0.4 is 5.73 Å². The summed E-state index contributed by atoms with van der Waals surface area (Å²) >= 11 is 3.45. The van der Waals surface area contributed by atoms with Crippen molar-refractivity contribution < 1.29 is 0 Å². The smallest absolute Gasteiger partial charge is 0.182 e. The zero-order chi connectivity index (χ0) is 13.7. The first-order valence-corrected chi connectivity index (χ1v) is 7.46. The van der Waals surface area contributed by atoms with Crippen LogP contribution in [0.25, 0.3) is 11.0 Å². The predicted octanol–water partition coefficient (Wildman–Crippen LogP) is 3.03. The minimum absolute atomic E-state index is 0.559. The summed E-state index contributed by atoms with van der Waals surface area (Å²) in [5, 5.41) is 12.9. The lowest BCUT2D eigenvalue weighted by Crippen LogP contribution is -2.03. The van der Waals surface area contributed by atoms with Gasteiger partial charge >= 0.3 is 0 Å². The summed E-state index contributed by atoms with van der Waals surface area (Å²) in [5.74, 6) is 1.19. The van der Waals surface area contributed by atoms with Gasteiger partial charge in [0.25, 0.3) is 0 Å². The molecule has 0 atom stereocenters. The summed E-state index contributed by atoms with van der Waals surface area (Å²) in [6, 6.07) is 8.25. The van der Waals surface area contributed by atoms with E-state index in [9.17, 15) is 0 Å². The second-order valence-electron chi connectivity index (χ2n) is 5.28. The van der Waals surface area contributed by atoms with E-state index in [4.69, 9.17) is 10.8 Å². The summed E-state index contributed by atoms with van der Waals surface area (Å²) in [6.07, 6.45) is 2.41. The Morgan fingerprint density at radius 1 is 1.30 bits per heavy atom. The molecular formula is C14H14BrN5. The van der Waals surface area contributed by atoms with Crippen molar-refractivity contribution >= 4 is 32.8 Å². The Morgan fingerprint density at radius 3 is 2.75 bits per heavy atom. The Kier molecular flexibility index (Phi) is 2.60. The second kappa shape index (κ2) is 4.34. The Bertz CT molecular complexity index is 767. The zero-order valence-corrected chi connectivity index (χ0v) is 12.4. The first kappa shape index (κ1) is 12.0. The van der Waals surface area contributed by atoms with E-state index in [0.717, 1.165) is 21.2 Å². The summed E-state index contributed by atoms with van der Waals surface area (Å²) in [5.41, 5.74) is 9.14. The molecule has 0 spiro atoms. The highest BCUT2D eigenvalue weighted by molar-refractivity contribution is 9.10. The van der Waals surface area contributed by atoms with E-state index in [1.807, 2.05) is 16.8 Å². The first-order valence-electron chi connectivity index (χ1n) is 6.67. The molecule has 102 valence electrons. The maximum atomic E-state index is 5.99. The van der Waals surface area contributed by atoms with Crippen molar-refractivity contribution in [3.8, 4) is 0 Å². The Balaban J connectivity index is 1.77. The molecular weight excluding hydrogens is 318 g/mol. The number of hydrogen-bond acceptors (Lipinski definition) is 3. The van der Waals surface area contributed by atoms with E-state index in [1.165, 1.54) is 18.4 Å². The molecule has 2 heterocycles. The van der Waals surface area contributed by atoms with Crippen LogP contribution in [-0.2, 0) is 6.54 Å². The number of H-pyrrole nitrogens is 1. The molecule has 0 aliphatic heterocycles. The summed E-state index contributed by atoms with van der Waals surface area (Å²) in [6.45, 7) is 0.709. The molecule has 3 aromatic rings. The maximum Gasteiger partial charge on any atom is 0.182 e. The number of fused-ring (bicyclic) bond motifs is 1. The maximum absolute atomic E-state index is 5.99. The van der Waals surface area contributed by atoms with Gasteiger partial charge in [-0.1, -0.05) is 28.1 Å². The zero-order valence-electron chi connectivity index (χ0n) is 10.8. The minimum Gasteiger partial charge on any atom is -0.383 e. The largest absolute Gasteiger partial charge is 0.383 e. The molecule has 0 saturated heterocycles. The molecule has 4 rings (SSSR count). The van der Waals surface area contributed by atoms with Crippen LogP contribution in [0.4, 0.5) is 5.82 Å². The molecule has 20 heavy (non-hydrogen) atoms. The standard InChI is InChI=1S/C14H14BrN5/c15-10-5-1-8(2-6-10)7-20-14-11(13(16)17-18-14)12(19-20)9-3-4-9/h1-2,5-6,9H,3-4,7H2,(H3,16,17,18). The van der Waals surface area contributed by atoms with Crippen molar-refractivity contribution in [2.24, 2.45) is 0 Å². The van der Waals surface area contributed by atoms with Crippen molar-refractivity contribution in [2.45, 2.75) is 25.3 Å². The molecule has 6 heteroatoms. The van der Waals surface area contributed by atoms with Gasteiger partial charge in [-0.2, -0.15) is 10.2 Å². The highest BCUT2D eigenvalue weighted by Gasteiger charge is 2.31. The number of nitrogens with two attached hydrogens (primary N) is 1. The summed E-state index contributed by atoms with van der Waals surface area (Å²) in [4.78, 5) is 0. The molecule has 0 unspecified atom stereocenters. The summed E-state index contributed by atoms with van der Waals surface area (Å²) < 4.78 is 3.02. The van der Waals surface area contributed by atoms with Crippen LogP contribution in [0.1, 0.15) is 30.0 Å². The average Bonchev–Trinajstić information content (AvgIpc) is 3.12. The van der Waals surface area contributed by atoms with Gasteiger partial charge in [0.15, 0.2) is 5.65 Å². The van der Waals surface area contributed by atoms with Crippen molar-refractivity contribution in [2.75, 3.05) is 5.73 Å². The van der Waals surface area contributed by atoms with Gasteiger partial charge < -0.3 is 5.73 Å². The first-order chi connectivity index (χ1) is 9.72. The van der Waals surface area contributed by atoms with Crippen molar-refractivity contribution in [1.29, 1.82) is 0 Å². The van der Waals surface area contributed by atoms with E-state index in [2.05, 4.69) is 38.3 Å². The molecule has 1 aliphatic carbocycles. The fraction of sp³-hybridized carbons (Fsp3) is 0.286. The van der Waals surface area contributed by atoms with Gasteiger partial charge in [0, 0.05) is 10.4 Å². The van der Waals surface area contributed by atoms with Gasteiger partial charge in [-0.3, -0.25) is 5.10 Å². The van der Waals surface area contributed by atoms with Crippen LogP contribution in [0.5, 0.6) is 0 Å². The van der Waals surface area contributed by atoms with Gasteiger partial charge in [-0.25, -0.2) is 4.68 Å². The van der Waals surface area contributed by atoms with Crippen LogP contribution in [0.2, 0.25) is 0 Å². The van der Waals surface area contributed by atoms with Crippen molar-refractivity contribution in [3.63, 3.8) is 0 Å². The molecule has 1 aromatic carbocycles. The normalized spacial score (nSPS) is 15.1. The number of hydrogen-bond donors (Lipinski definition) is 2. The number of anilines is 1. The van der Waals surface area contributed by atoms with E-state index >= 15 is 0 Å². The monoisotopic (exact) mass is 331 g/mol.